The van der Waals surface area contributed by atoms with E-state index in [-0.39, 0.29) is 18.2 Å². The molecule has 2 aromatic carbocycles. The number of hydrogen-bond donors (Lipinski definition) is 1. The van der Waals surface area contributed by atoms with E-state index < -0.39 is 17.6 Å². The fraction of sp³-hybridized carbons (Fsp3) is 0.182. The van der Waals surface area contributed by atoms with Crippen molar-refractivity contribution < 1.29 is 22.5 Å². The lowest BCUT2D eigenvalue weighted by molar-refractivity contribution is -0.282. The molecular weight excluding hydrogens is 396 g/mol. The average molecular weight is 413 g/mol. The zero-order valence-electron chi connectivity index (χ0n) is 15.7. The van der Waals surface area contributed by atoms with Gasteiger partial charge in [-0.15, -0.1) is 0 Å². The molecule has 3 aromatic rings. The molecule has 0 bridgehead atoms. The number of aromatic nitrogens is 2. The fourth-order valence-electron chi connectivity index (χ4n) is 2.96. The highest BCUT2D eigenvalue weighted by molar-refractivity contribution is 5.56. The van der Waals surface area contributed by atoms with Gasteiger partial charge in [0.15, 0.2) is 0 Å². The SMILES string of the molecule is Fc1c(N(Cc2ccc(C(F)(F)F)cc2)C2=CC2)nc#[n+]c1NCc1ccccc1. The van der Waals surface area contributed by atoms with Crippen molar-refractivity contribution in [3.8, 4) is 0 Å². The molecule has 0 atom stereocenters. The predicted molar refractivity (Wildman–Crippen MR) is 103 cm³/mol. The molecule has 8 heteroatoms. The Labute approximate surface area is 170 Å². The molecule has 0 amide bonds. The molecule has 0 aliphatic heterocycles. The van der Waals surface area contributed by atoms with Crippen LogP contribution in [0.2, 0.25) is 0 Å². The van der Waals surface area contributed by atoms with E-state index in [4.69, 9.17) is 0 Å². The molecule has 4 nitrogen and oxygen atoms in total. The number of halogens is 4. The summed E-state index contributed by atoms with van der Waals surface area (Å²) in [6, 6.07) is 14.3. The lowest BCUT2D eigenvalue weighted by atomic mass is 10.1. The van der Waals surface area contributed by atoms with Gasteiger partial charge >= 0.3 is 18.3 Å². The van der Waals surface area contributed by atoms with E-state index in [1.165, 1.54) is 12.1 Å². The minimum absolute atomic E-state index is 0.0162. The van der Waals surface area contributed by atoms with Gasteiger partial charge in [0.2, 0.25) is 0 Å². The number of alkyl halides is 3. The summed E-state index contributed by atoms with van der Waals surface area (Å²) in [5.41, 5.74) is 1.68. The van der Waals surface area contributed by atoms with E-state index in [1.54, 1.807) is 4.90 Å². The van der Waals surface area contributed by atoms with Crippen LogP contribution in [0.1, 0.15) is 23.1 Å². The molecule has 1 aliphatic rings. The third-order valence-corrected chi connectivity index (χ3v) is 4.64. The highest BCUT2D eigenvalue weighted by Crippen LogP contribution is 2.33. The summed E-state index contributed by atoms with van der Waals surface area (Å²) in [6.07, 6.45) is 0.621. The number of nitrogens with one attached hydrogen (secondary N) is 1. The first-order valence-electron chi connectivity index (χ1n) is 9.26. The number of rotatable bonds is 7. The normalized spacial score (nSPS) is 12.7. The van der Waals surface area contributed by atoms with Crippen molar-refractivity contribution >= 4 is 11.6 Å². The largest absolute Gasteiger partial charge is 0.416 e. The van der Waals surface area contributed by atoms with Gasteiger partial charge in [0, 0.05) is 12.1 Å². The second-order valence-electron chi connectivity index (χ2n) is 6.83. The topological polar surface area (TPSA) is 42.3 Å². The fourth-order valence-corrected chi connectivity index (χ4v) is 2.96. The lowest BCUT2D eigenvalue weighted by Crippen LogP contribution is -2.22. The standard InChI is InChI=1S/C22H16F4N4/c23-19-20(27-12-15-4-2-1-3-5-15)28-14-29-21(19)30(18-10-11-18)13-16-6-8-17(9-7-16)22(24,25)26/h1-10H,11-13H2/p+1. The van der Waals surface area contributed by atoms with Crippen LogP contribution < -0.4 is 15.2 Å². The van der Waals surface area contributed by atoms with Crippen LogP contribution in [0.4, 0.5) is 29.2 Å². The second kappa shape index (κ2) is 8.03. The van der Waals surface area contributed by atoms with E-state index in [0.29, 0.717) is 18.5 Å². The van der Waals surface area contributed by atoms with Crippen molar-refractivity contribution in [2.24, 2.45) is 0 Å². The van der Waals surface area contributed by atoms with E-state index in [2.05, 4.69) is 21.6 Å². The molecule has 0 fully saturated rings. The van der Waals surface area contributed by atoms with Gasteiger partial charge in [0.25, 0.3) is 11.6 Å². The number of allylic oxidation sites excluding steroid dienone is 2. The quantitative estimate of drug-likeness (QED) is 0.578. The first-order chi connectivity index (χ1) is 14.4. The van der Waals surface area contributed by atoms with E-state index >= 15 is 4.39 Å². The summed E-state index contributed by atoms with van der Waals surface area (Å²) in [7, 11) is 0. The summed E-state index contributed by atoms with van der Waals surface area (Å²) in [5.74, 6) is -0.587. The Kier molecular flexibility index (Phi) is 5.27. The summed E-state index contributed by atoms with van der Waals surface area (Å²) in [5, 5.41) is 2.94. The van der Waals surface area contributed by atoms with Crippen LogP contribution in [0, 0.1) is 12.1 Å². The maximum Gasteiger partial charge on any atom is 0.416 e. The van der Waals surface area contributed by atoms with Crippen LogP contribution in [0.5, 0.6) is 0 Å². The van der Waals surface area contributed by atoms with Gasteiger partial charge in [0.05, 0.1) is 18.7 Å². The molecule has 0 unspecified atom stereocenters. The van der Waals surface area contributed by atoms with Crippen molar-refractivity contribution in [3.05, 3.63) is 95.2 Å². The first-order valence-corrected chi connectivity index (χ1v) is 9.26. The first kappa shape index (κ1) is 19.7. The Bertz CT molecular complexity index is 1050. The van der Waals surface area contributed by atoms with E-state index in [1.807, 2.05) is 36.4 Å². The van der Waals surface area contributed by atoms with Crippen molar-refractivity contribution in [2.75, 3.05) is 10.2 Å². The van der Waals surface area contributed by atoms with Crippen LogP contribution in [-0.4, -0.2) is 4.98 Å². The Morgan fingerprint density at radius 2 is 1.73 bits per heavy atom. The molecule has 0 spiro atoms. The van der Waals surface area contributed by atoms with E-state index in [0.717, 1.165) is 23.4 Å². The predicted octanol–water partition coefficient (Wildman–Crippen LogP) is 4.55. The van der Waals surface area contributed by atoms with E-state index in [9.17, 15) is 13.2 Å². The molecule has 30 heavy (non-hydrogen) atoms. The molecule has 0 saturated heterocycles. The Balaban J connectivity index is 1.54. The molecule has 1 N–H and O–H groups in total. The van der Waals surface area contributed by atoms with Gasteiger partial charge in [-0.1, -0.05) is 48.5 Å². The maximum atomic E-state index is 15.1. The monoisotopic (exact) mass is 413 g/mol. The van der Waals surface area contributed by atoms with Gasteiger partial charge in [-0.3, -0.25) is 5.32 Å². The zero-order chi connectivity index (χ0) is 21.1. The molecule has 0 saturated carbocycles. The smallest absolute Gasteiger partial charge is 0.309 e. The van der Waals surface area contributed by atoms with Crippen molar-refractivity contribution in [3.63, 3.8) is 0 Å². The van der Waals surface area contributed by atoms with Gasteiger partial charge in [-0.05, 0) is 28.2 Å². The van der Waals surface area contributed by atoms with Gasteiger partial charge in [0.1, 0.15) is 0 Å². The third kappa shape index (κ3) is 4.51. The minimum Gasteiger partial charge on any atom is -0.309 e. The summed E-state index contributed by atoms with van der Waals surface area (Å²) < 4.78 is 53.5. The van der Waals surface area contributed by atoms with Gasteiger partial charge < -0.3 is 4.90 Å². The second-order valence-corrected chi connectivity index (χ2v) is 6.83. The highest BCUT2D eigenvalue weighted by atomic mass is 19.4. The molecule has 4 rings (SSSR count). The van der Waals surface area contributed by atoms with Crippen LogP contribution in [0.15, 0.2) is 66.4 Å². The van der Waals surface area contributed by atoms with Gasteiger partial charge in [-0.2, -0.15) is 22.5 Å². The van der Waals surface area contributed by atoms with Crippen LogP contribution in [-0.2, 0) is 19.3 Å². The summed E-state index contributed by atoms with van der Waals surface area (Å²) in [6.45, 7) is 0.563. The Morgan fingerprint density at radius 3 is 2.37 bits per heavy atom. The number of nitrogens with zero attached hydrogens (tertiary/aromatic N) is 3. The Hall–Kier alpha value is -3.60. The number of anilines is 2. The maximum absolute atomic E-state index is 15.1. The molecule has 1 aliphatic carbocycles. The molecular formula is C22H17F4N4+. The highest BCUT2D eigenvalue weighted by Gasteiger charge is 2.31. The average Bonchev–Trinajstić information content (AvgIpc) is 3.57. The molecule has 1 aromatic heterocycles. The van der Waals surface area contributed by atoms with Crippen molar-refractivity contribution in [2.45, 2.75) is 25.7 Å². The summed E-state index contributed by atoms with van der Waals surface area (Å²) in [4.78, 5) is 9.46. The van der Waals surface area contributed by atoms with Crippen LogP contribution in [0.3, 0.4) is 0 Å². The van der Waals surface area contributed by atoms with Crippen LogP contribution >= 0.6 is 0 Å². The molecule has 152 valence electrons. The summed E-state index contributed by atoms with van der Waals surface area (Å²) >= 11 is 0. The zero-order valence-corrected chi connectivity index (χ0v) is 15.7. The van der Waals surface area contributed by atoms with Gasteiger partial charge in [-0.25, -0.2) is 0 Å². The molecule has 0 radical (unpaired) electrons. The van der Waals surface area contributed by atoms with Crippen molar-refractivity contribution in [1.82, 2.24) is 4.98 Å². The third-order valence-electron chi connectivity index (χ3n) is 4.64. The number of hydrogen-bond acceptors (Lipinski definition) is 3. The number of benzene rings is 2. The minimum atomic E-state index is -4.40. The van der Waals surface area contributed by atoms with Crippen LogP contribution in [0.25, 0.3) is 0 Å². The van der Waals surface area contributed by atoms with Crippen molar-refractivity contribution in [1.29, 1.82) is 0 Å². The Morgan fingerprint density at radius 1 is 1.03 bits per heavy atom. The molecule has 1 heterocycles. The lowest BCUT2D eigenvalue weighted by Gasteiger charge is -2.19.